The average molecular weight is 319 g/mol. The van der Waals surface area contributed by atoms with Crippen LogP contribution in [-0.4, -0.2) is 24.0 Å². The number of nitrogens with one attached hydrogen (secondary N) is 1. The number of nitrogens with two attached hydrogens (primary N) is 1. The van der Waals surface area contributed by atoms with Gasteiger partial charge in [0, 0.05) is 24.3 Å². The first kappa shape index (κ1) is 16.1. The van der Waals surface area contributed by atoms with E-state index in [0.29, 0.717) is 16.9 Å². The van der Waals surface area contributed by atoms with Crippen LogP contribution in [0, 0.1) is 0 Å². The van der Waals surface area contributed by atoms with Gasteiger partial charge in [-0.3, -0.25) is 4.79 Å². The van der Waals surface area contributed by atoms with E-state index in [-0.39, 0.29) is 18.3 Å². The number of hydrogen-bond acceptors (Lipinski definition) is 4. The Morgan fingerprint density at radius 3 is 2.36 bits per heavy atom. The lowest BCUT2D eigenvalue weighted by Gasteiger charge is -2.16. The Bertz CT molecular complexity index is 622. The third kappa shape index (κ3) is 3.68. The number of benzene rings is 1. The monoisotopic (exact) mass is 318 g/mol. The number of halogens is 1. The molecule has 0 radical (unpaired) electrons. The van der Waals surface area contributed by atoms with E-state index >= 15 is 0 Å². The first-order valence-corrected chi connectivity index (χ1v) is 7.10. The van der Waals surface area contributed by atoms with Crippen LogP contribution in [0.3, 0.4) is 0 Å². The van der Waals surface area contributed by atoms with Gasteiger partial charge in [-0.2, -0.15) is 0 Å². The molecule has 1 saturated heterocycles. The molecule has 1 aliphatic rings. The summed E-state index contributed by atoms with van der Waals surface area (Å²) in [5.41, 5.74) is 7.52. The van der Waals surface area contributed by atoms with Crippen molar-refractivity contribution in [2.24, 2.45) is 0 Å². The van der Waals surface area contributed by atoms with Gasteiger partial charge in [-0.15, -0.1) is 12.4 Å². The zero-order valence-corrected chi connectivity index (χ0v) is 13.0. The molecule has 3 rings (SSSR count). The summed E-state index contributed by atoms with van der Waals surface area (Å²) in [5, 5.41) is 2.83. The van der Waals surface area contributed by atoms with E-state index < -0.39 is 0 Å². The van der Waals surface area contributed by atoms with E-state index in [0.717, 1.165) is 18.9 Å². The van der Waals surface area contributed by atoms with Crippen LogP contribution in [0.1, 0.15) is 23.2 Å². The number of carbonyl (C=O) groups excluding carboxylic acids is 1. The summed E-state index contributed by atoms with van der Waals surface area (Å²) in [6, 6.07) is 10.7. The Morgan fingerprint density at radius 2 is 1.77 bits per heavy atom. The largest absolute Gasteiger partial charge is 0.399 e. The molecule has 1 aromatic heterocycles. The van der Waals surface area contributed by atoms with Gasteiger partial charge in [0.1, 0.15) is 5.82 Å². The number of aromatic nitrogens is 1. The molecular weight excluding hydrogens is 300 g/mol. The zero-order valence-electron chi connectivity index (χ0n) is 12.2. The molecule has 22 heavy (non-hydrogen) atoms. The molecule has 0 bridgehead atoms. The molecule has 116 valence electrons. The van der Waals surface area contributed by atoms with Crippen LogP contribution < -0.4 is 16.0 Å². The molecule has 0 saturated carbocycles. The molecule has 1 amide bonds. The van der Waals surface area contributed by atoms with Crippen LogP contribution in [0.2, 0.25) is 0 Å². The van der Waals surface area contributed by atoms with E-state index in [2.05, 4.69) is 15.2 Å². The maximum absolute atomic E-state index is 12.1. The van der Waals surface area contributed by atoms with Crippen molar-refractivity contribution in [2.45, 2.75) is 12.8 Å². The van der Waals surface area contributed by atoms with Gasteiger partial charge in [-0.05, 0) is 49.2 Å². The van der Waals surface area contributed by atoms with Gasteiger partial charge in [0.25, 0.3) is 5.91 Å². The molecule has 0 atom stereocenters. The van der Waals surface area contributed by atoms with E-state index in [1.54, 1.807) is 30.5 Å². The molecule has 0 spiro atoms. The molecule has 1 aliphatic heterocycles. The fraction of sp³-hybridized carbons (Fsp3) is 0.250. The molecule has 5 nitrogen and oxygen atoms in total. The molecule has 3 N–H and O–H groups in total. The molecule has 1 fully saturated rings. The van der Waals surface area contributed by atoms with Crippen molar-refractivity contribution in [2.75, 3.05) is 29.0 Å². The number of nitrogens with zero attached hydrogens (tertiary/aromatic N) is 2. The van der Waals surface area contributed by atoms with E-state index in [1.165, 1.54) is 12.8 Å². The van der Waals surface area contributed by atoms with Crippen molar-refractivity contribution in [1.29, 1.82) is 0 Å². The quantitative estimate of drug-likeness (QED) is 0.854. The number of hydrogen-bond donors (Lipinski definition) is 2. The highest BCUT2D eigenvalue weighted by atomic mass is 35.5. The molecule has 0 aliphatic carbocycles. The predicted molar refractivity (Wildman–Crippen MR) is 91.7 cm³/mol. The van der Waals surface area contributed by atoms with Crippen LogP contribution in [0.5, 0.6) is 0 Å². The van der Waals surface area contributed by atoms with E-state index in [1.807, 2.05) is 12.1 Å². The second-order valence-corrected chi connectivity index (χ2v) is 5.18. The van der Waals surface area contributed by atoms with Gasteiger partial charge >= 0.3 is 0 Å². The third-order valence-corrected chi connectivity index (χ3v) is 3.61. The summed E-state index contributed by atoms with van der Waals surface area (Å²) in [5.74, 6) is 0.809. The summed E-state index contributed by atoms with van der Waals surface area (Å²) in [6.45, 7) is 2.12. The second-order valence-electron chi connectivity index (χ2n) is 5.18. The lowest BCUT2D eigenvalue weighted by Crippen LogP contribution is -2.19. The van der Waals surface area contributed by atoms with Crippen molar-refractivity contribution in [3.63, 3.8) is 0 Å². The average Bonchev–Trinajstić information content (AvgIpc) is 3.03. The number of pyridine rings is 1. The molecular formula is C16H19ClN4O. The summed E-state index contributed by atoms with van der Waals surface area (Å²) in [4.78, 5) is 18.7. The predicted octanol–water partition coefficient (Wildman–Crippen LogP) is 2.94. The van der Waals surface area contributed by atoms with Crippen molar-refractivity contribution in [1.82, 2.24) is 4.98 Å². The third-order valence-electron chi connectivity index (χ3n) is 3.61. The van der Waals surface area contributed by atoms with Gasteiger partial charge in [0.05, 0.1) is 11.9 Å². The Labute approximate surface area is 135 Å². The Balaban J connectivity index is 0.00000176. The zero-order chi connectivity index (χ0) is 14.7. The molecule has 1 aromatic carbocycles. The van der Waals surface area contributed by atoms with Gasteiger partial charge in [0.15, 0.2) is 0 Å². The van der Waals surface area contributed by atoms with E-state index in [4.69, 9.17) is 5.73 Å². The van der Waals surface area contributed by atoms with Gasteiger partial charge < -0.3 is 16.0 Å². The highest BCUT2D eigenvalue weighted by Crippen LogP contribution is 2.19. The van der Waals surface area contributed by atoms with Crippen LogP contribution in [0.15, 0.2) is 42.6 Å². The van der Waals surface area contributed by atoms with Crippen LogP contribution in [0.25, 0.3) is 0 Å². The summed E-state index contributed by atoms with van der Waals surface area (Å²) in [7, 11) is 0. The van der Waals surface area contributed by atoms with Crippen molar-refractivity contribution in [3.8, 4) is 0 Å². The maximum Gasteiger partial charge on any atom is 0.255 e. The fourth-order valence-corrected chi connectivity index (χ4v) is 2.43. The summed E-state index contributed by atoms with van der Waals surface area (Å²) < 4.78 is 0. The minimum atomic E-state index is -0.161. The Morgan fingerprint density at radius 1 is 1.09 bits per heavy atom. The highest BCUT2D eigenvalue weighted by molar-refractivity contribution is 6.04. The van der Waals surface area contributed by atoms with Gasteiger partial charge in [-0.1, -0.05) is 0 Å². The number of amides is 1. The molecule has 2 heterocycles. The highest BCUT2D eigenvalue weighted by Gasteiger charge is 2.13. The normalized spacial score (nSPS) is 13.5. The van der Waals surface area contributed by atoms with Crippen LogP contribution in [-0.2, 0) is 0 Å². The minimum Gasteiger partial charge on any atom is -0.399 e. The summed E-state index contributed by atoms with van der Waals surface area (Å²) >= 11 is 0. The second kappa shape index (κ2) is 7.13. The SMILES string of the molecule is Cl.Nc1ccc(C(=O)Nc2ccc(N3CCCC3)nc2)cc1. The molecule has 2 aromatic rings. The fourth-order valence-electron chi connectivity index (χ4n) is 2.43. The minimum absolute atomic E-state index is 0. The number of nitrogen functional groups attached to an aromatic ring is 1. The van der Waals surface area contributed by atoms with Crippen LogP contribution >= 0.6 is 12.4 Å². The topological polar surface area (TPSA) is 71.2 Å². The molecule has 0 unspecified atom stereocenters. The van der Waals surface area contributed by atoms with Crippen molar-refractivity contribution >= 4 is 35.5 Å². The van der Waals surface area contributed by atoms with Crippen molar-refractivity contribution in [3.05, 3.63) is 48.2 Å². The Kier molecular flexibility index (Phi) is 5.22. The number of anilines is 3. The first-order chi connectivity index (χ1) is 10.2. The smallest absolute Gasteiger partial charge is 0.255 e. The van der Waals surface area contributed by atoms with Crippen molar-refractivity contribution < 1.29 is 4.79 Å². The molecule has 6 heteroatoms. The van der Waals surface area contributed by atoms with Gasteiger partial charge in [0.2, 0.25) is 0 Å². The van der Waals surface area contributed by atoms with Gasteiger partial charge in [-0.25, -0.2) is 4.98 Å². The standard InChI is InChI=1S/C16H18N4O.ClH/c17-13-5-3-12(4-6-13)16(21)19-14-7-8-15(18-11-14)20-9-1-2-10-20;/h3-8,11H,1-2,9-10,17H2,(H,19,21);1H. The van der Waals surface area contributed by atoms with Crippen LogP contribution in [0.4, 0.5) is 17.2 Å². The first-order valence-electron chi connectivity index (χ1n) is 7.10. The lowest BCUT2D eigenvalue weighted by atomic mass is 10.2. The number of rotatable bonds is 3. The van der Waals surface area contributed by atoms with E-state index in [9.17, 15) is 4.79 Å². The summed E-state index contributed by atoms with van der Waals surface area (Å²) in [6.07, 6.45) is 4.14. The maximum atomic E-state index is 12.1. The number of carbonyl (C=O) groups is 1. The Hall–Kier alpha value is -2.27. The lowest BCUT2D eigenvalue weighted by molar-refractivity contribution is 0.102.